The number of anilines is 1. The Balaban J connectivity index is 1.21. The number of aromatic nitrogens is 2. The average molecular weight is 767 g/mol. The van der Waals surface area contributed by atoms with Crippen molar-refractivity contribution in [2.24, 2.45) is 5.92 Å². The van der Waals surface area contributed by atoms with Crippen LogP contribution in [-0.4, -0.2) is 90.7 Å². The standard InChI is InChI=1S/C37H43ClN6O8S/c1-50-31-20-40-34(28-16-23(38)10-14-27(28)31)52-25-17-30-33(45)42-37(36(47)43-53(48,49)26-12-13-26)18-22(37)8-6-4-3-5-7-9-29(35(46)44(30)21-25)41-24-11-15-32(51-2)39-19-24/h6,8,10-11,14-16,19-20,22,25-26,29-30,41H,3-5,7,9,12-13,17-18,21H2,1-2H3,(H,42,45)(H,43,47)/b8-6-/t22-,25-,29+,30+,37+/m1/s1. The van der Waals surface area contributed by atoms with Crippen LogP contribution in [0.3, 0.4) is 0 Å². The Hall–Kier alpha value is -4.63. The molecule has 4 aliphatic rings. The number of methoxy groups -OCH3 is 2. The number of carbonyl (C=O) groups is 3. The van der Waals surface area contributed by atoms with Crippen molar-refractivity contribution in [1.82, 2.24) is 24.9 Å². The van der Waals surface area contributed by atoms with Gasteiger partial charge in [-0.2, -0.15) is 0 Å². The second kappa shape index (κ2) is 15.0. The third-order valence-electron chi connectivity index (χ3n) is 10.4. The van der Waals surface area contributed by atoms with Crippen LogP contribution in [0.5, 0.6) is 17.5 Å². The van der Waals surface area contributed by atoms with Crippen molar-refractivity contribution in [2.75, 3.05) is 26.1 Å². The maximum atomic E-state index is 14.6. The molecule has 14 nitrogen and oxygen atoms in total. The lowest BCUT2D eigenvalue weighted by Crippen LogP contribution is -2.57. The van der Waals surface area contributed by atoms with Crippen molar-refractivity contribution in [1.29, 1.82) is 0 Å². The molecule has 2 aromatic heterocycles. The Bertz CT molecular complexity index is 2030. The van der Waals surface area contributed by atoms with Crippen LogP contribution in [0.1, 0.15) is 57.8 Å². The van der Waals surface area contributed by atoms with Gasteiger partial charge < -0.3 is 29.7 Å². The lowest BCUT2D eigenvalue weighted by atomic mass is 10.0. The zero-order valence-corrected chi connectivity index (χ0v) is 31.1. The highest BCUT2D eigenvalue weighted by Crippen LogP contribution is 2.46. The normalized spacial score (nSPS) is 27.0. The molecular formula is C37H43ClN6O8S. The highest BCUT2D eigenvalue weighted by Gasteiger charge is 2.62. The molecule has 282 valence electrons. The molecule has 1 aromatic carbocycles. The van der Waals surface area contributed by atoms with Crippen molar-refractivity contribution >= 4 is 55.8 Å². The number of ether oxygens (including phenoxy) is 3. The van der Waals surface area contributed by atoms with E-state index in [4.69, 9.17) is 25.8 Å². The molecule has 2 saturated carbocycles. The molecule has 2 aliphatic heterocycles. The van der Waals surface area contributed by atoms with Gasteiger partial charge in [0, 0.05) is 34.2 Å². The lowest BCUT2D eigenvalue weighted by molar-refractivity contribution is -0.140. The minimum atomic E-state index is -3.87. The van der Waals surface area contributed by atoms with Crippen LogP contribution in [0, 0.1) is 5.92 Å². The fourth-order valence-corrected chi connectivity index (χ4v) is 8.75. The van der Waals surface area contributed by atoms with Crippen molar-refractivity contribution in [3.63, 3.8) is 0 Å². The van der Waals surface area contributed by atoms with Crippen LogP contribution in [0.15, 0.2) is 54.9 Å². The summed E-state index contributed by atoms with van der Waals surface area (Å²) < 4.78 is 45.1. The molecule has 3 fully saturated rings. The lowest BCUT2D eigenvalue weighted by Gasteiger charge is -2.30. The van der Waals surface area contributed by atoms with Crippen LogP contribution in [0.25, 0.3) is 10.8 Å². The van der Waals surface area contributed by atoms with Gasteiger partial charge in [0.25, 0.3) is 5.91 Å². The second-order valence-electron chi connectivity index (χ2n) is 14.1. The van der Waals surface area contributed by atoms with E-state index in [2.05, 4.69) is 25.3 Å². The Morgan fingerprint density at radius 1 is 1.02 bits per heavy atom. The van der Waals surface area contributed by atoms with E-state index in [1.54, 1.807) is 49.8 Å². The van der Waals surface area contributed by atoms with Crippen LogP contribution in [-0.2, 0) is 24.4 Å². The van der Waals surface area contributed by atoms with Crippen LogP contribution >= 0.6 is 11.6 Å². The number of amides is 3. The Morgan fingerprint density at radius 3 is 2.58 bits per heavy atom. The van der Waals surface area contributed by atoms with E-state index in [-0.39, 0.29) is 31.2 Å². The molecule has 2 aliphatic carbocycles. The summed E-state index contributed by atoms with van der Waals surface area (Å²) in [7, 11) is -0.812. The molecule has 3 aromatic rings. The number of hydrogen-bond acceptors (Lipinski definition) is 11. The van der Waals surface area contributed by atoms with E-state index >= 15 is 0 Å². The van der Waals surface area contributed by atoms with Crippen LogP contribution in [0.2, 0.25) is 5.02 Å². The number of allylic oxidation sites excluding steroid dienone is 1. The first kappa shape index (κ1) is 36.7. The number of carbonyl (C=O) groups excluding carboxylic acids is 3. The maximum Gasteiger partial charge on any atom is 0.259 e. The molecule has 0 radical (unpaired) electrons. The zero-order valence-electron chi connectivity index (χ0n) is 29.5. The van der Waals surface area contributed by atoms with Gasteiger partial charge in [-0.3, -0.25) is 19.1 Å². The summed E-state index contributed by atoms with van der Waals surface area (Å²) in [6.45, 7) is 0.0460. The fourth-order valence-electron chi connectivity index (χ4n) is 7.21. The van der Waals surface area contributed by atoms with E-state index in [0.717, 1.165) is 31.1 Å². The summed E-state index contributed by atoms with van der Waals surface area (Å²) in [5, 5.41) is 7.42. The number of fused-ring (bicyclic) bond motifs is 3. The third-order valence-corrected chi connectivity index (χ3v) is 12.5. The summed E-state index contributed by atoms with van der Waals surface area (Å²) in [6.07, 6.45) is 11.3. The molecule has 3 N–H and O–H groups in total. The Morgan fingerprint density at radius 2 is 1.85 bits per heavy atom. The van der Waals surface area contributed by atoms with Gasteiger partial charge >= 0.3 is 0 Å². The van der Waals surface area contributed by atoms with Crippen molar-refractivity contribution < 1.29 is 37.0 Å². The van der Waals surface area contributed by atoms with Crippen LogP contribution in [0.4, 0.5) is 5.69 Å². The fraction of sp³-hybridized carbons (Fsp3) is 0.486. The predicted octanol–water partition coefficient (Wildman–Crippen LogP) is 4.13. The number of nitrogens with zero attached hydrogens (tertiary/aromatic N) is 3. The van der Waals surface area contributed by atoms with Gasteiger partial charge in [-0.25, -0.2) is 18.4 Å². The minimum absolute atomic E-state index is 0.0460. The largest absolute Gasteiger partial charge is 0.494 e. The summed E-state index contributed by atoms with van der Waals surface area (Å²) in [4.78, 5) is 53.0. The van der Waals surface area contributed by atoms with Gasteiger partial charge in [0.2, 0.25) is 33.6 Å². The van der Waals surface area contributed by atoms with E-state index in [1.165, 1.54) is 12.0 Å². The number of nitrogens with one attached hydrogen (secondary N) is 3. The number of rotatable bonds is 9. The van der Waals surface area contributed by atoms with Gasteiger partial charge in [0.05, 0.1) is 44.1 Å². The number of pyridine rings is 2. The number of benzene rings is 1. The summed E-state index contributed by atoms with van der Waals surface area (Å²) in [6, 6.07) is 6.97. The minimum Gasteiger partial charge on any atom is -0.494 e. The van der Waals surface area contributed by atoms with Gasteiger partial charge in [0.15, 0.2) is 0 Å². The van der Waals surface area contributed by atoms with Gasteiger partial charge in [0.1, 0.15) is 29.5 Å². The third kappa shape index (κ3) is 7.86. The number of hydrogen-bond donors (Lipinski definition) is 3. The molecule has 0 bridgehead atoms. The summed E-state index contributed by atoms with van der Waals surface area (Å²) >= 11 is 6.36. The van der Waals surface area contributed by atoms with Crippen molar-refractivity contribution in [2.45, 2.75) is 86.8 Å². The SMILES string of the molecule is COc1ccc(N[C@H]2CCCCC/C=C\[C@@H]3C[C@]3(C(=O)NS(=O)(=O)C3CC3)NC(=O)[C@@H]3C[C@@H](Oc4ncc(OC)c5ccc(Cl)cc45)CN3C2=O)cn1. The monoisotopic (exact) mass is 766 g/mol. The van der Waals surface area contributed by atoms with Gasteiger partial charge in [-0.1, -0.05) is 36.6 Å². The molecular weight excluding hydrogens is 724 g/mol. The maximum absolute atomic E-state index is 14.6. The highest BCUT2D eigenvalue weighted by molar-refractivity contribution is 7.91. The van der Waals surface area contributed by atoms with Crippen molar-refractivity contribution in [3.05, 3.63) is 59.9 Å². The molecule has 0 spiro atoms. The predicted molar refractivity (Wildman–Crippen MR) is 197 cm³/mol. The number of halogens is 1. The van der Waals surface area contributed by atoms with E-state index in [9.17, 15) is 22.8 Å². The molecule has 4 heterocycles. The van der Waals surface area contributed by atoms with Crippen LogP contribution < -0.4 is 29.6 Å². The molecule has 7 rings (SSSR count). The topological polar surface area (TPSA) is 178 Å². The van der Waals surface area contributed by atoms with E-state index in [0.29, 0.717) is 47.0 Å². The van der Waals surface area contributed by atoms with E-state index in [1.807, 2.05) is 12.2 Å². The van der Waals surface area contributed by atoms with E-state index < -0.39 is 56.7 Å². The Kier molecular flexibility index (Phi) is 10.4. The highest BCUT2D eigenvalue weighted by atomic mass is 35.5. The van der Waals surface area contributed by atoms with Crippen molar-refractivity contribution in [3.8, 4) is 17.5 Å². The molecule has 1 saturated heterocycles. The first-order valence-electron chi connectivity index (χ1n) is 17.9. The smallest absolute Gasteiger partial charge is 0.259 e. The molecule has 5 atom stereocenters. The summed E-state index contributed by atoms with van der Waals surface area (Å²) in [5.74, 6) is -0.850. The second-order valence-corrected chi connectivity index (χ2v) is 16.5. The molecule has 0 unspecified atom stereocenters. The van der Waals surface area contributed by atoms with Gasteiger partial charge in [-0.15, -0.1) is 0 Å². The molecule has 16 heteroatoms. The first-order valence-corrected chi connectivity index (χ1v) is 19.8. The number of sulfonamides is 1. The quantitative estimate of drug-likeness (QED) is 0.267. The zero-order chi connectivity index (χ0) is 37.3. The first-order chi connectivity index (χ1) is 25.5. The molecule has 53 heavy (non-hydrogen) atoms. The molecule has 3 amide bonds. The summed E-state index contributed by atoms with van der Waals surface area (Å²) in [5.41, 5.74) is -0.864. The van der Waals surface area contributed by atoms with Gasteiger partial charge in [-0.05, 0) is 62.8 Å². The Labute approximate surface area is 313 Å². The average Bonchev–Trinajstić information content (AvgIpc) is 4.07.